The maximum atomic E-state index is 12.8. The zero-order valence-corrected chi connectivity index (χ0v) is 10.0. The first-order valence-corrected chi connectivity index (χ1v) is 5.59. The highest BCUT2D eigenvalue weighted by atomic mass is 19.1. The molecule has 0 bridgehead atoms. The van der Waals surface area contributed by atoms with Crippen molar-refractivity contribution in [2.24, 2.45) is 5.73 Å². The molecule has 0 unspecified atom stereocenters. The summed E-state index contributed by atoms with van der Waals surface area (Å²) < 4.78 is 18.6. The van der Waals surface area contributed by atoms with Crippen LogP contribution in [0.25, 0.3) is 11.3 Å². The number of hydrogen-bond donors (Lipinski definition) is 1. The third-order valence-corrected chi connectivity index (χ3v) is 2.91. The van der Waals surface area contributed by atoms with Gasteiger partial charge in [-0.3, -0.25) is 0 Å². The third kappa shape index (κ3) is 2.39. The normalized spacial score (nSPS) is 11.8. The standard InChI is InChI=1S/C14H16FNO/c1-14(2,9-16)13-8-7-12(17-13)10-3-5-11(15)6-4-10/h3-8H,9,16H2,1-2H3. The molecular weight excluding hydrogens is 217 g/mol. The number of halogens is 1. The summed E-state index contributed by atoms with van der Waals surface area (Å²) in [6.45, 7) is 4.57. The van der Waals surface area contributed by atoms with Gasteiger partial charge in [0, 0.05) is 17.5 Å². The van der Waals surface area contributed by atoms with Gasteiger partial charge in [0.05, 0.1) is 0 Å². The van der Waals surface area contributed by atoms with E-state index >= 15 is 0 Å². The fourth-order valence-electron chi connectivity index (χ4n) is 1.57. The molecule has 0 saturated heterocycles. The minimum absolute atomic E-state index is 0.182. The van der Waals surface area contributed by atoms with Gasteiger partial charge in [0.1, 0.15) is 17.3 Å². The summed E-state index contributed by atoms with van der Waals surface area (Å²) in [5, 5.41) is 0. The van der Waals surface area contributed by atoms with Crippen LogP contribution >= 0.6 is 0 Å². The van der Waals surface area contributed by atoms with Crippen molar-refractivity contribution in [2.45, 2.75) is 19.3 Å². The predicted octanol–water partition coefficient (Wildman–Crippen LogP) is 3.32. The van der Waals surface area contributed by atoms with E-state index in [0.29, 0.717) is 6.54 Å². The molecule has 1 aromatic heterocycles. The molecule has 0 spiro atoms. The molecule has 0 aliphatic carbocycles. The van der Waals surface area contributed by atoms with Crippen LogP contribution in [-0.4, -0.2) is 6.54 Å². The highest BCUT2D eigenvalue weighted by molar-refractivity contribution is 5.57. The zero-order valence-electron chi connectivity index (χ0n) is 10.0. The average molecular weight is 233 g/mol. The molecule has 0 amide bonds. The highest BCUT2D eigenvalue weighted by Gasteiger charge is 2.22. The Kier molecular flexibility index (Phi) is 3.03. The largest absolute Gasteiger partial charge is 0.460 e. The maximum Gasteiger partial charge on any atom is 0.134 e. The van der Waals surface area contributed by atoms with E-state index in [0.717, 1.165) is 17.1 Å². The Balaban J connectivity index is 2.33. The van der Waals surface area contributed by atoms with Crippen molar-refractivity contribution in [1.82, 2.24) is 0 Å². The van der Waals surface area contributed by atoms with Gasteiger partial charge in [-0.2, -0.15) is 0 Å². The van der Waals surface area contributed by atoms with Gasteiger partial charge in [-0.05, 0) is 36.4 Å². The average Bonchev–Trinajstić information content (AvgIpc) is 2.80. The number of rotatable bonds is 3. The molecule has 0 aliphatic heterocycles. The number of nitrogens with two attached hydrogens (primary N) is 1. The minimum Gasteiger partial charge on any atom is -0.460 e. The summed E-state index contributed by atoms with van der Waals surface area (Å²) in [5.74, 6) is 1.34. The minimum atomic E-state index is -0.247. The van der Waals surface area contributed by atoms with E-state index in [1.807, 2.05) is 26.0 Å². The van der Waals surface area contributed by atoms with E-state index in [-0.39, 0.29) is 11.2 Å². The fraction of sp³-hybridized carbons (Fsp3) is 0.286. The van der Waals surface area contributed by atoms with Crippen LogP contribution in [0.4, 0.5) is 4.39 Å². The van der Waals surface area contributed by atoms with Gasteiger partial charge in [-0.15, -0.1) is 0 Å². The van der Waals surface area contributed by atoms with Gasteiger partial charge in [0.2, 0.25) is 0 Å². The lowest BCUT2D eigenvalue weighted by atomic mass is 9.91. The molecule has 0 radical (unpaired) electrons. The second kappa shape index (κ2) is 4.34. The molecule has 1 aromatic carbocycles. The summed E-state index contributed by atoms with van der Waals surface area (Å²) in [6.07, 6.45) is 0. The molecule has 2 N–H and O–H groups in total. The van der Waals surface area contributed by atoms with E-state index < -0.39 is 0 Å². The van der Waals surface area contributed by atoms with Crippen LogP contribution in [0.3, 0.4) is 0 Å². The summed E-state index contributed by atoms with van der Waals surface area (Å²) in [6, 6.07) is 10.1. The lowest BCUT2D eigenvalue weighted by Gasteiger charge is -2.18. The Morgan fingerprint density at radius 3 is 2.35 bits per heavy atom. The second-order valence-corrected chi connectivity index (χ2v) is 4.76. The first kappa shape index (κ1) is 11.9. The van der Waals surface area contributed by atoms with Crippen LogP contribution in [0.1, 0.15) is 19.6 Å². The molecule has 0 fully saturated rings. The topological polar surface area (TPSA) is 39.2 Å². The van der Waals surface area contributed by atoms with Crippen molar-refractivity contribution in [3.63, 3.8) is 0 Å². The number of benzene rings is 1. The Morgan fingerprint density at radius 1 is 1.12 bits per heavy atom. The molecule has 2 nitrogen and oxygen atoms in total. The van der Waals surface area contributed by atoms with Gasteiger partial charge < -0.3 is 10.2 Å². The molecule has 0 saturated carbocycles. The predicted molar refractivity (Wildman–Crippen MR) is 66.2 cm³/mol. The smallest absolute Gasteiger partial charge is 0.134 e. The number of furan rings is 1. The van der Waals surface area contributed by atoms with E-state index in [1.165, 1.54) is 12.1 Å². The summed E-state index contributed by atoms with van der Waals surface area (Å²) in [5.41, 5.74) is 6.38. The second-order valence-electron chi connectivity index (χ2n) is 4.76. The van der Waals surface area contributed by atoms with Crippen molar-refractivity contribution in [1.29, 1.82) is 0 Å². The molecule has 17 heavy (non-hydrogen) atoms. The first-order valence-electron chi connectivity index (χ1n) is 5.59. The van der Waals surface area contributed by atoms with Crippen molar-refractivity contribution >= 4 is 0 Å². The fourth-order valence-corrected chi connectivity index (χ4v) is 1.57. The molecule has 90 valence electrons. The lowest BCUT2D eigenvalue weighted by molar-refractivity contribution is 0.398. The molecule has 2 aromatic rings. The van der Waals surface area contributed by atoms with Gasteiger partial charge in [-0.25, -0.2) is 4.39 Å². The van der Waals surface area contributed by atoms with Gasteiger partial charge >= 0.3 is 0 Å². The molecule has 3 heteroatoms. The summed E-state index contributed by atoms with van der Waals surface area (Å²) >= 11 is 0. The Morgan fingerprint density at radius 2 is 1.76 bits per heavy atom. The monoisotopic (exact) mass is 233 g/mol. The van der Waals surface area contributed by atoms with Gasteiger partial charge in [0.15, 0.2) is 0 Å². The Labute approximate surface area is 100 Å². The van der Waals surface area contributed by atoms with Gasteiger partial charge in [0.25, 0.3) is 0 Å². The van der Waals surface area contributed by atoms with Crippen LogP contribution in [0.5, 0.6) is 0 Å². The van der Waals surface area contributed by atoms with Gasteiger partial charge in [-0.1, -0.05) is 13.8 Å². The first-order chi connectivity index (χ1) is 8.03. The summed E-state index contributed by atoms with van der Waals surface area (Å²) in [7, 11) is 0. The van der Waals surface area contributed by atoms with E-state index in [9.17, 15) is 4.39 Å². The van der Waals surface area contributed by atoms with Crippen LogP contribution < -0.4 is 5.73 Å². The van der Waals surface area contributed by atoms with Crippen LogP contribution in [0.2, 0.25) is 0 Å². The van der Waals surface area contributed by atoms with Crippen molar-refractivity contribution in [2.75, 3.05) is 6.54 Å². The molecule has 2 rings (SSSR count). The van der Waals surface area contributed by atoms with Crippen molar-refractivity contribution in [3.05, 3.63) is 48.0 Å². The van der Waals surface area contributed by atoms with E-state index in [1.54, 1.807) is 12.1 Å². The molecule has 1 heterocycles. The summed E-state index contributed by atoms with van der Waals surface area (Å²) in [4.78, 5) is 0. The Bertz CT molecular complexity index is 499. The Hall–Kier alpha value is -1.61. The SMILES string of the molecule is CC(C)(CN)c1ccc(-c2ccc(F)cc2)o1. The van der Waals surface area contributed by atoms with E-state index in [2.05, 4.69) is 0 Å². The van der Waals surface area contributed by atoms with Crippen LogP contribution in [0, 0.1) is 5.82 Å². The molecule has 0 atom stereocenters. The maximum absolute atomic E-state index is 12.8. The van der Waals surface area contributed by atoms with Crippen molar-refractivity contribution < 1.29 is 8.81 Å². The van der Waals surface area contributed by atoms with E-state index in [4.69, 9.17) is 10.2 Å². The molecule has 0 aliphatic rings. The molecular formula is C14H16FNO. The quantitative estimate of drug-likeness (QED) is 0.883. The zero-order chi connectivity index (χ0) is 12.5. The van der Waals surface area contributed by atoms with Crippen LogP contribution in [0.15, 0.2) is 40.8 Å². The highest BCUT2D eigenvalue weighted by Crippen LogP contribution is 2.29. The number of hydrogen-bond acceptors (Lipinski definition) is 2. The van der Waals surface area contributed by atoms with Crippen molar-refractivity contribution in [3.8, 4) is 11.3 Å². The lowest BCUT2D eigenvalue weighted by Crippen LogP contribution is -2.27. The third-order valence-electron chi connectivity index (χ3n) is 2.91. The van der Waals surface area contributed by atoms with Crippen LogP contribution in [-0.2, 0) is 5.41 Å².